The third-order valence-electron chi connectivity index (χ3n) is 2.71. The number of piperidine rings is 1. The van der Waals surface area contributed by atoms with Gasteiger partial charge in [-0.15, -0.1) is 0 Å². The van der Waals surface area contributed by atoms with Crippen molar-refractivity contribution in [1.82, 2.24) is 4.90 Å². The van der Waals surface area contributed by atoms with Crippen molar-refractivity contribution >= 4 is 5.91 Å². The lowest BCUT2D eigenvalue weighted by molar-refractivity contribution is -0.138. The average Bonchev–Trinajstić information content (AvgIpc) is 2.21. The van der Waals surface area contributed by atoms with Crippen LogP contribution in [-0.4, -0.2) is 30.5 Å². The van der Waals surface area contributed by atoms with Crippen molar-refractivity contribution in [1.29, 1.82) is 0 Å². The Morgan fingerprint density at radius 3 is 2.38 bits per heavy atom. The van der Waals surface area contributed by atoms with Crippen LogP contribution in [0.25, 0.3) is 0 Å². The zero-order valence-electron chi connectivity index (χ0n) is 8.29. The van der Waals surface area contributed by atoms with E-state index in [2.05, 4.69) is 0 Å². The smallest absolute Gasteiger partial charge is 0.228 e. The third kappa shape index (κ3) is 2.69. The molecule has 75 valence electrons. The Balaban J connectivity index is 2.44. The molecule has 1 unspecified atom stereocenters. The minimum absolute atomic E-state index is 0.0807. The van der Waals surface area contributed by atoms with Gasteiger partial charge in [0.1, 0.15) is 0 Å². The molecule has 0 aromatic rings. The summed E-state index contributed by atoms with van der Waals surface area (Å²) < 4.78 is 0. The summed E-state index contributed by atoms with van der Waals surface area (Å²) in [5.41, 5.74) is 0. The summed E-state index contributed by atoms with van der Waals surface area (Å²) in [5.74, 6) is -0.199. The van der Waals surface area contributed by atoms with E-state index in [1.165, 1.54) is 6.42 Å². The summed E-state index contributed by atoms with van der Waals surface area (Å²) in [4.78, 5) is 13.5. The van der Waals surface area contributed by atoms with Crippen LogP contribution >= 0.6 is 0 Å². The maximum absolute atomic E-state index is 11.7. The Bertz CT molecular complexity index is 160. The number of rotatable bonds is 3. The van der Waals surface area contributed by atoms with Crippen LogP contribution in [0.3, 0.4) is 0 Å². The molecule has 3 heteroatoms. The van der Waals surface area contributed by atoms with E-state index in [0.717, 1.165) is 25.9 Å². The first-order chi connectivity index (χ1) is 6.29. The van der Waals surface area contributed by atoms with Gasteiger partial charge in [-0.05, 0) is 25.7 Å². The fraction of sp³-hybridized carbons (Fsp3) is 0.900. The highest BCUT2D eigenvalue weighted by atomic mass is 16.3. The second-order valence-corrected chi connectivity index (χ2v) is 3.66. The molecule has 0 aliphatic carbocycles. The number of carbonyl (C=O) groups excluding carboxylic acids is 1. The van der Waals surface area contributed by atoms with Gasteiger partial charge in [-0.1, -0.05) is 6.92 Å². The van der Waals surface area contributed by atoms with Crippen molar-refractivity contribution in [2.75, 3.05) is 19.7 Å². The molecule has 1 atom stereocenters. The minimum atomic E-state index is -0.280. The summed E-state index contributed by atoms with van der Waals surface area (Å²) in [6.45, 7) is 3.36. The molecule has 0 spiro atoms. The molecule has 1 amide bonds. The van der Waals surface area contributed by atoms with Crippen molar-refractivity contribution in [2.24, 2.45) is 5.92 Å². The maximum Gasteiger partial charge on any atom is 0.228 e. The minimum Gasteiger partial charge on any atom is -0.342 e. The summed E-state index contributed by atoms with van der Waals surface area (Å²) in [6, 6.07) is 0. The topological polar surface area (TPSA) is 40.2 Å². The monoisotopic (exact) mass is 184 g/mol. The highest BCUT2D eigenvalue weighted by Crippen LogP contribution is 2.13. The van der Waals surface area contributed by atoms with Crippen molar-refractivity contribution < 1.29 is 9.90 Å². The molecule has 0 N–H and O–H groups in total. The normalized spacial score (nSPS) is 20.0. The lowest BCUT2D eigenvalue weighted by atomic mass is 10.0. The van der Waals surface area contributed by atoms with E-state index < -0.39 is 0 Å². The molecule has 0 bridgehead atoms. The zero-order chi connectivity index (χ0) is 9.68. The fourth-order valence-corrected chi connectivity index (χ4v) is 1.74. The average molecular weight is 184 g/mol. The third-order valence-corrected chi connectivity index (χ3v) is 2.71. The molecule has 1 aliphatic rings. The van der Waals surface area contributed by atoms with Crippen LogP contribution in [0.5, 0.6) is 0 Å². The Hall–Kier alpha value is -0.570. The summed E-state index contributed by atoms with van der Waals surface area (Å²) in [5, 5.41) is 10.7. The van der Waals surface area contributed by atoms with E-state index in [4.69, 9.17) is 0 Å². The molecule has 0 aromatic carbocycles. The lowest BCUT2D eigenvalue weighted by Gasteiger charge is -2.29. The Morgan fingerprint density at radius 1 is 1.31 bits per heavy atom. The van der Waals surface area contributed by atoms with Crippen LogP contribution in [-0.2, 0) is 9.90 Å². The van der Waals surface area contributed by atoms with Crippen LogP contribution in [0.1, 0.15) is 32.6 Å². The second kappa shape index (κ2) is 5.22. The van der Waals surface area contributed by atoms with Crippen LogP contribution in [0.15, 0.2) is 0 Å². The predicted molar refractivity (Wildman–Crippen MR) is 49.8 cm³/mol. The van der Waals surface area contributed by atoms with Gasteiger partial charge in [0.2, 0.25) is 5.91 Å². The van der Waals surface area contributed by atoms with Crippen LogP contribution in [0.4, 0.5) is 0 Å². The number of likely N-dealkylation sites (tertiary alicyclic amines) is 1. The largest absolute Gasteiger partial charge is 0.342 e. The van der Waals surface area contributed by atoms with Gasteiger partial charge in [0.25, 0.3) is 0 Å². The maximum atomic E-state index is 11.7. The van der Waals surface area contributed by atoms with Crippen molar-refractivity contribution in [3.05, 3.63) is 0 Å². The standard InChI is InChI=1S/C10H18NO2/c1-2-9(8-12)10(13)11-6-4-3-5-7-11/h9H,2-8H2,1H3. The number of hydrogen-bond donors (Lipinski definition) is 0. The van der Waals surface area contributed by atoms with Crippen molar-refractivity contribution in [2.45, 2.75) is 32.6 Å². The molecule has 13 heavy (non-hydrogen) atoms. The summed E-state index contributed by atoms with van der Waals surface area (Å²) in [7, 11) is 0. The van der Waals surface area contributed by atoms with E-state index in [1.807, 2.05) is 11.8 Å². The molecule has 1 radical (unpaired) electrons. The molecule has 1 rings (SSSR count). The molecule has 3 nitrogen and oxygen atoms in total. The molecular weight excluding hydrogens is 166 g/mol. The number of carbonyl (C=O) groups is 1. The van der Waals surface area contributed by atoms with Crippen molar-refractivity contribution in [3.8, 4) is 0 Å². The van der Waals surface area contributed by atoms with E-state index in [1.54, 1.807) is 0 Å². The Labute approximate surface area is 79.7 Å². The first-order valence-electron chi connectivity index (χ1n) is 5.16. The Morgan fingerprint density at radius 2 is 1.92 bits per heavy atom. The molecule has 1 fully saturated rings. The van der Waals surface area contributed by atoms with Crippen LogP contribution in [0.2, 0.25) is 0 Å². The van der Waals surface area contributed by atoms with E-state index in [-0.39, 0.29) is 18.4 Å². The van der Waals surface area contributed by atoms with Gasteiger partial charge in [-0.3, -0.25) is 4.79 Å². The van der Waals surface area contributed by atoms with Crippen LogP contribution < -0.4 is 0 Å². The van der Waals surface area contributed by atoms with E-state index in [9.17, 15) is 9.90 Å². The predicted octanol–water partition coefficient (Wildman–Crippen LogP) is 1.46. The van der Waals surface area contributed by atoms with Crippen molar-refractivity contribution in [3.63, 3.8) is 0 Å². The van der Waals surface area contributed by atoms with Gasteiger partial charge >= 0.3 is 0 Å². The molecule has 1 aliphatic heterocycles. The fourth-order valence-electron chi connectivity index (χ4n) is 1.74. The second-order valence-electron chi connectivity index (χ2n) is 3.66. The quantitative estimate of drug-likeness (QED) is 0.654. The SMILES string of the molecule is CCC(C[O])C(=O)N1CCCCC1. The van der Waals surface area contributed by atoms with E-state index >= 15 is 0 Å². The van der Waals surface area contributed by atoms with Crippen LogP contribution in [0, 0.1) is 5.92 Å². The van der Waals surface area contributed by atoms with E-state index in [0.29, 0.717) is 6.42 Å². The number of nitrogens with zero attached hydrogens (tertiary/aromatic N) is 1. The molecular formula is C10H18NO2. The van der Waals surface area contributed by atoms with Gasteiger partial charge in [-0.2, -0.15) is 0 Å². The Kier molecular flexibility index (Phi) is 4.22. The highest BCUT2D eigenvalue weighted by molar-refractivity contribution is 5.78. The summed E-state index contributed by atoms with van der Waals surface area (Å²) in [6.07, 6.45) is 4.10. The van der Waals surface area contributed by atoms with Gasteiger partial charge in [0.15, 0.2) is 0 Å². The summed E-state index contributed by atoms with van der Waals surface area (Å²) >= 11 is 0. The van der Waals surface area contributed by atoms with Gasteiger partial charge in [0, 0.05) is 13.1 Å². The first-order valence-corrected chi connectivity index (χ1v) is 5.16. The molecule has 0 aromatic heterocycles. The van der Waals surface area contributed by atoms with Gasteiger partial charge in [-0.25, -0.2) is 5.11 Å². The molecule has 0 saturated carbocycles. The number of amides is 1. The lowest BCUT2D eigenvalue weighted by Crippen LogP contribution is -2.40. The zero-order valence-corrected chi connectivity index (χ0v) is 8.29. The van der Waals surface area contributed by atoms with Gasteiger partial charge in [0.05, 0.1) is 12.5 Å². The number of hydrogen-bond acceptors (Lipinski definition) is 1. The molecule has 1 heterocycles. The highest BCUT2D eigenvalue weighted by Gasteiger charge is 2.23. The van der Waals surface area contributed by atoms with Gasteiger partial charge < -0.3 is 4.90 Å². The molecule has 1 saturated heterocycles. The first kappa shape index (κ1) is 10.5.